The highest BCUT2D eigenvalue weighted by molar-refractivity contribution is 7.89. The molecule has 1 aromatic carbocycles. The first-order valence-electron chi connectivity index (χ1n) is 9.76. The number of rotatable bonds is 7. The molecule has 1 aliphatic rings. The van der Waals surface area contributed by atoms with Gasteiger partial charge in [-0.15, -0.1) is 0 Å². The Labute approximate surface area is 166 Å². The lowest BCUT2D eigenvalue weighted by atomic mass is 10.1. The summed E-state index contributed by atoms with van der Waals surface area (Å²) in [4.78, 5) is 12.6. The molecule has 0 atom stereocenters. The molecule has 152 valence electrons. The van der Waals surface area contributed by atoms with Crippen molar-refractivity contribution >= 4 is 21.6 Å². The van der Waals surface area contributed by atoms with E-state index in [1.54, 1.807) is 18.5 Å². The summed E-state index contributed by atoms with van der Waals surface area (Å²) in [6.07, 6.45) is 2.92. The number of amides is 1. The number of hydrogen-bond acceptors (Lipinski definition) is 4. The lowest BCUT2D eigenvalue weighted by Crippen LogP contribution is -2.28. The summed E-state index contributed by atoms with van der Waals surface area (Å²) in [7, 11) is -3.52. The van der Waals surface area contributed by atoms with Crippen molar-refractivity contribution < 1.29 is 13.2 Å². The number of aryl methyl sites for hydroxylation is 3. The van der Waals surface area contributed by atoms with E-state index in [1.807, 2.05) is 24.3 Å². The van der Waals surface area contributed by atoms with Crippen molar-refractivity contribution in [3.63, 3.8) is 0 Å². The standard InChI is InChI=1S/C20H28N4O3S/c1-4-17-8-7-9-18(14-17)21-19(25)10-13-24-16(3)20(15(2)22-24)28(26,27)23-11-5-6-12-23/h7-9,14H,4-6,10-13H2,1-3H3,(H,21,25). The third-order valence-corrected chi connectivity index (χ3v) is 7.30. The van der Waals surface area contributed by atoms with Gasteiger partial charge in [0.2, 0.25) is 15.9 Å². The number of benzene rings is 1. The minimum absolute atomic E-state index is 0.121. The highest BCUT2D eigenvalue weighted by Gasteiger charge is 2.32. The van der Waals surface area contributed by atoms with Gasteiger partial charge in [-0.1, -0.05) is 19.1 Å². The Morgan fingerprint density at radius 2 is 1.93 bits per heavy atom. The van der Waals surface area contributed by atoms with Crippen LogP contribution in [0.1, 0.15) is 43.1 Å². The molecular formula is C20H28N4O3S. The van der Waals surface area contributed by atoms with Crippen LogP contribution in [0.25, 0.3) is 0 Å². The number of anilines is 1. The van der Waals surface area contributed by atoms with Crippen LogP contribution in [0.5, 0.6) is 0 Å². The van der Waals surface area contributed by atoms with Crippen LogP contribution in [-0.2, 0) is 27.8 Å². The zero-order chi connectivity index (χ0) is 20.3. The summed E-state index contributed by atoms with van der Waals surface area (Å²) in [5.74, 6) is -0.121. The summed E-state index contributed by atoms with van der Waals surface area (Å²) < 4.78 is 29.0. The summed E-state index contributed by atoms with van der Waals surface area (Å²) >= 11 is 0. The van der Waals surface area contributed by atoms with Gasteiger partial charge in [0.05, 0.1) is 17.9 Å². The minimum atomic E-state index is -3.52. The van der Waals surface area contributed by atoms with Crippen LogP contribution in [0.3, 0.4) is 0 Å². The average Bonchev–Trinajstić information content (AvgIpc) is 3.29. The van der Waals surface area contributed by atoms with E-state index >= 15 is 0 Å². The molecule has 7 nitrogen and oxygen atoms in total. The number of hydrogen-bond donors (Lipinski definition) is 1. The maximum absolute atomic E-state index is 12.9. The maximum atomic E-state index is 12.9. The molecule has 2 heterocycles. The highest BCUT2D eigenvalue weighted by atomic mass is 32.2. The Morgan fingerprint density at radius 3 is 2.61 bits per heavy atom. The van der Waals surface area contributed by atoms with Crippen molar-refractivity contribution in [3.05, 3.63) is 41.2 Å². The number of aromatic nitrogens is 2. The monoisotopic (exact) mass is 404 g/mol. The Bertz CT molecular complexity index is 960. The normalized spacial score (nSPS) is 15.1. The molecule has 1 aromatic heterocycles. The van der Waals surface area contributed by atoms with Gasteiger partial charge in [-0.3, -0.25) is 9.48 Å². The van der Waals surface area contributed by atoms with Crippen molar-refractivity contribution in [2.45, 2.75) is 57.9 Å². The van der Waals surface area contributed by atoms with Crippen molar-refractivity contribution in [2.75, 3.05) is 18.4 Å². The van der Waals surface area contributed by atoms with Gasteiger partial charge in [-0.2, -0.15) is 9.40 Å². The molecule has 8 heteroatoms. The van der Waals surface area contributed by atoms with Crippen LogP contribution in [-0.4, -0.2) is 41.5 Å². The first-order valence-corrected chi connectivity index (χ1v) is 11.2. The fourth-order valence-corrected chi connectivity index (χ4v) is 5.52. The second kappa shape index (κ2) is 8.45. The number of carbonyl (C=O) groups is 1. The lowest BCUT2D eigenvalue weighted by Gasteiger charge is -2.15. The molecule has 1 N–H and O–H groups in total. The average molecular weight is 405 g/mol. The number of nitrogens with zero attached hydrogens (tertiary/aromatic N) is 3. The second-order valence-electron chi connectivity index (χ2n) is 7.19. The SMILES string of the molecule is CCc1cccc(NC(=O)CCn2nc(C)c(S(=O)(=O)N3CCCC3)c2C)c1. The minimum Gasteiger partial charge on any atom is -0.326 e. The molecule has 2 aromatic rings. The molecule has 0 unspecified atom stereocenters. The van der Waals surface area contributed by atoms with E-state index in [4.69, 9.17) is 0 Å². The van der Waals surface area contributed by atoms with Gasteiger partial charge in [-0.05, 0) is 50.8 Å². The lowest BCUT2D eigenvalue weighted by molar-refractivity contribution is -0.116. The summed E-state index contributed by atoms with van der Waals surface area (Å²) in [6.45, 7) is 6.99. The molecular weight excluding hydrogens is 376 g/mol. The third-order valence-electron chi connectivity index (χ3n) is 5.15. The van der Waals surface area contributed by atoms with Gasteiger partial charge in [-0.25, -0.2) is 8.42 Å². The van der Waals surface area contributed by atoms with Gasteiger partial charge in [0.15, 0.2) is 0 Å². The van der Waals surface area contributed by atoms with Crippen LogP contribution in [0, 0.1) is 13.8 Å². The topological polar surface area (TPSA) is 84.3 Å². The molecule has 0 saturated carbocycles. The van der Waals surface area contributed by atoms with Crippen LogP contribution in [0.2, 0.25) is 0 Å². The summed E-state index contributed by atoms with van der Waals surface area (Å²) in [6, 6.07) is 7.77. The fourth-order valence-electron chi connectivity index (χ4n) is 3.63. The third kappa shape index (κ3) is 4.28. The molecule has 0 aliphatic carbocycles. The second-order valence-corrected chi connectivity index (χ2v) is 9.06. The Kier molecular flexibility index (Phi) is 6.20. The van der Waals surface area contributed by atoms with Crippen LogP contribution >= 0.6 is 0 Å². The van der Waals surface area contributed by atoms with Crippen molar-refractivity contribution in [3.8, 4) is 0 Å². The van der Waals surface area contributed by atoms with E-state index in [0.29, 0.717) is 31.0 Å². The Hall–Kier alpha value is -2.19. The molecule has 1 fully saturated rings. The van der Waals surface area contributed by atoms with E-state index in [0.717, 1.165) is 30.5 Å². The fraction of sp³-hybridized carbons (Fsp3) is 0.500. The zero-order valence-corrected chi connectivity index (χ0v) is 17.6. The molecule has 0 spiro atoms. The maximum Gasteiger partial charge on any atom is 0.246 e. The van der Waals surface area contributed by atoms with E-state index in [1.165, 1.54) is 4.31 Å². The first-order chi connectivity index (χ1) is 13.3. The molecule has 1 amide bonds. The smallest absolute Gasteiger partial charge is 0.246 e. The molecule has 3 rings (SSSR count). The van der Waals surface area contributed by atoms with Crippen LogP contribution in [0.4, 0.5) is 5.69 Å². The number of carbonyl (C=O) groups excluding carboxylic acids is 1. The zero-order valence-electron chi connectivity index (χ0n) is 16.7. The molecule has 28 heavy (non-hydrogen) atoms. The van der Waals surface area contributed by atoms with E-state index in [-0.39, 0.29) is 17.2 Å². The number of nitrogens with one attached hydrogen (secondary N) is 1. The predicted molar refractivity (Wildman–Crippen MR) is 109 cm³/mol. The van der Waals surface area contributed by atoms with Gasteiger partial charge >= 0.3 is 0 Å². The number of sulfonamides is 1. The van der Waals surface area contributed by atoms with Crippen molar-refractivity contribution in [1.29, 1.82) is 0 Å². The quantitative estimate of drug-likeness (QED) is 0.769. The largest absolute Gasteiger partial charge is 0.326 e. The van der Waals surface area contributed by atoms with E-state index < -0.39 is 10.0 Å². The summed E-state index contributed by atoms with van der Waals surface area (Å²) in [5, 5.41) is 7.28. The van der Waals surface area contributed by atoms with E-state index in [9.17, 15) is 13.2 Å². The Morgan fingerprint density at radius 1 is 1.21 bits per heavy atom. The first kappa shape index (κ1) is 20.5. The van der Waals surface area contributed by atoms with Gasteiger partial charge in [0, 0.05) is 25.2 Å². The molecule has 0 radical (unpaired) electrons. The van der Waals surface area contributed by atoms with Gasteiger partial charge < -0.3 is 5.32 Å². The van der Waals surface area contributed by atoms with Gasteiger partial charge in [0.1, 0.15) is 4.90 Å². The van der Waals surface area contributed by atoms with Crippen LogP contribution in [0.15, 0.2) is 29.2 Å². The predicted octanol–water partition coefficient (Wildman–Crippen LogP) is 2.88. The van der Waals surface area contributed by atoms with Crippen LogP contribution < -0.4 is 5.32 Å². The van der Waals surface area contributed by atoms with Crippen molar-refractivity contribution in [2.24, 2.45) is 0 Å². The Balaban J connectivity index is 1.69. The molecule has 0 bridgehead atoms. The molecule has 1 aliphatic heterocycles. The highest BCUT2D eigenvalue weighted by Crippen LogP contribution is 2.26. The van der Waals surface area contributed by atoms with Gasteiger partial charge in [0.25, 0.3) is 0 Å². The van der Waals surface area contributed by atoms with Crippen molar-refractivity contribution in [1.82, 2.24) is 14.1 Å². The summed E-state index contributed by atoms with van der Waals surface area (Å²) in [5.41, 5.74) is 3.01. The van der Waals surface area contributed by atoms with E-state index in [2.05, 4.69) is 17.3 Å². The molecule has 1 saturated heterocycles.